The molecule has 10 aromatic carbocycles. The van der Waals surface area contributed by atoms with Gasteiger partial charge in [0.25, 0.3) is 0 Å². The van der Waals surface area contributed by atoms with Crippen LogP contribution in [0.1, 0.15) is 22.3 Å². The lowest BCUT2D eigenvalue weighted by Crippen LogP contribution is -1.93. The highest BCUT2D eigenvalue weighted by Crippen LogP contribution is 2.47. The summed E-state index contributed by atoms with van der Waals surface area (Å²) in [5, 5.41) is 4.99. The van der Waals surface area contributed by atoms with Gasteiger partial charge in [0.05, 0.1) is 0 Å². The molecule has 0 spiro atoms. The second-order valence-electron chi connectivity index (χ2n) is 15.3. The molecular formula is C60H42. The first kappa shape index (κ1) is 36.5. The van der Waals surface area contributed by atoms with E-state index in [0.29, 0.717) is 0 Å². The van der Waals surface area contributed by atoms with Gasteiger partial charge >= 0.3 is 0 Å². The SMILES string of the molecule is C(=Cc1cccc(-c2ccc(-c3c4ccccc4c(-c4ccc(-c5cccc(C=Cc6ccccc6)c5)cc4)c4c(-c5ccccc5)cccc34)cc2)c1)c1ccccc1. The molecule has 282 valence electrons. The van der Waals surface area contributed by atoms with E-state index in [0.717, 1.165) is 0 Å². The number of benzene rings is 10. The predicted octanol–water partition coefficient (Wildman–Crippen LogP) is 16.7. The van der Waals surface area contributed by atoms with Crippen LogP contribution in [0.5, 0.6) is 0 Å². The normalized spacial score (nSPS) is 11.5. The summed E-state index contributed by atoms with van der Waals surface area (Å²) in [7, 11) is 0. The Hall–Kier alpha value is -7.80. The Balaban J connectivity index is 1.07. The van der Waals surface area contributed by atoms with Gasteiger partial charge in [-0.1, -0.05) is 243 Å². The van der Waals surface area contributed by atoms with Crippen LogP contribution in [0, 0.1) is 0 Å². The average Bonchev–Trinajstić information content (AvgIpc) is 3.33. The lowest BCUT2D eigenvalue weighted by atomic mass is 9.82. The Morgan fingerprint density at radius 1 is 0.217 bits per heavy atom. The summed E-state index contributed by atoms with van der Waals surface area (Å²) in [6.45, 7) is 0. The van der Waals surface area contributed by atoms with Crippen molar-refractivity contribution in [2.45, 2.75) is 0 Å². The highest BCUT2D eigenvalue weighted by atomic mass is 14.2. The van der Waals surface area contributed by atoms with Crippen LogP contribution in [0.2, 0.25) is 0 Å². The van der Waals surface area contributed by atoms with Gasteiger partial charge in [0.15, 0.2) is 0 Å². The van der Waals surface area contributed by atoms with Gasteiger partial charge in [0, 0.05) is 0 Å². The molecule has 0 nitrogen and oxygen atoms in total. The summed E-state index contributed by atoms with van der Waals surface area (Å²) < 4.78 is 0. The third kappa shape index (κ3) is 7.51. The number of rotatable bonds is 9. The monoisotopic (exact) mass is 762 g/mol. The lowest BCUT2D eigenvalue weighted by Gasteiger charge is -2.20. The quantitative estimate of drug-likeness (QED) is 0.101. The zero-order valence-corrected chi connectivity index (χ0v) is 33.2. The van der Waals surface area contributed by atoms with Crippen LogP contribution in [-0.2, 0) is 0 Å². The molecule has 0 amide bonds. The Labute approximate surface area is 352 Å². The molecule has 0 aromatic heterocycles. The Bertz CT molecular complexity index is 3130. The third-order valence-corrected chi connectivity index (χ3v) is 11.5. The molecule has 0 heterocycles. The van der Waals surface area contributed by atoms with Crippen molar-refractivity contribution in [3.8, 4) is 55.6 Å². The van der Waals surface area contributed by atoms with Crippen LogP contribution >= 0.6 is 0 Å². The molecule has 0 aliphatic carbocycles. The van der Waals surface area contributed by atoms with Crippen molar-refractivity contribution in [1.29, 1.82) is 0 Å². The van der Waals surface area contributed by atoms with Gasteiger partial charge in [-0.3, -0.25) is 0 Å². The molecule has 60 heavy (non-hydrogen) atoms. The van der Waals surface area contributed by atoms with E-state index >= 15 is 0 Å². The maximum absolute atomic E-state index is 2.31. The van der Waals surface area contributed by atoms with E-state index in [1.165, 1.54) is 99.4 Å². The predicted molar refractivity (Wildman–Crippen MR) is 259 cm³/mol. The summed E-state index contributed by atoms with van der Waals surface area (Å²) in [5.74, 6) is 0. The molecule has 0 heteroatoms. The second-order valence-corrected chi connectivity index (χ2v) is 15.3. The van der Waals surface area contributed by atoms with Crippen LogP contribution in [0.25, 0.3) is 101 Å². The number of hydrogen-bond acceptors (Lipinski definition) is 0. The van der Waals surface area contributed by atoms with Gasteiger partial charge in [-0.05, 0) is 112 Å². The van der Waals surface area contributed by atoms with Crippen LogP contribution in [-0.4, -0.2) is 0 Å². The summed E-state index contributed by atoms with van der Waals surface area (Å²) in [6, 6.07) is 83.4. The Morgan fingerprint density at radius 3 is 1.12 bits per heavy atom. The molecule has 0 aliphatic rings. The van der Waals surface area contributed by atoms with Gasteiger partial charge in [0.1, 0.15) is 0 Å². The molecule has 0 saturated carbocycles. The third-order valence-electron chi connectivity index (χ3n) is 11.5. The standard InChI is InChI=1S/C60H42/c1-4-15-43(16-5-1)29-31-45-19-12-23-52(41-45)47-33-37-50(38-34-47)58-55-25-10-11-26-56(55)59(60-54(27-14-28-57(58)60)49-21-8-3-9-22-49)51-39-35-48(36-40-51)53-24-13-20-46(42-53)32-30-44-17-6-2-7-18-44/h1-42H. The second kappa shape index (κ2) is 16.6. The summed E-state index contributed by atoms with van der Waals surface area (Å²) >= 11 is 0. The molecule has 0 aliphatic heterocycles. The van der Waals surface area contributed by atoms with Gasteiger partial charge in [-0.25, -0.2) is 0 Å². The molecule has 10 rings (SSSR count). The smallest absolute Gasteiger partial charge is 0.00141 e. The molecule has 0 N–H and O–H groups in total. The van der Waals surface area contributed by atoms with E-state index < -0.39 is 0 Å². The van der Waals surface area contributed by atoms with Crippen molar-refractivity contribution < 1.29 is 0 Å². The fourth-order valence-corrected chi connectivity index (χ4v) is 8.51. The first-order valence-electron chi connectivity index (χ1n) is 20.7. The molecule has 0 radical (unpaired) electrons. The first-order valence-corrected chi connectivity index (χ1v) is 20.7. The van der Waals surface area contributed by atoms with Crippen molar-refractivity contribution in [3.05, 3.63) is 253 Å². The van der Waals surface area contributed by atoms with E-state index in [4.69, 9.17) is 0 Å². The maximum Gasteiger partial charge on any atom is -0.00141 e. The van der Waals surface area contributed by atoms with E-state index in [2.05, 4.69) is 255 Å². The summed E-state index contributed by atoms with van der Waals surface area (Å²) in [6.07, 6.45) is 8.72. The minimum absolute atomic E-state index is 1.18. The summed E-state index contributed by atoms with van der Waals surface area (Å²) in [5.41, 5.74) is 16.9. The lowest BCUT2D eigenvalue weighted by molar-refractivity contribution is 1.58. The van der Waals surface area contributed by atoms with E-state index in [1.54, 1.807) is 0 Å². The molecule has 0 unspecified atom stereocenters. The highest BCUT2D eigenvalue weighted by Gasteiger charge is 2.20. The maximum atomic E-state index is 2.31. The molecule has 0 fully saturated rings. The van der Waals surface area contributed by atoms with Gasteiger partial charge < -0.3 is 0 Å². The van der Waals surface area contributed by atoms with Crippen molar-refractivity contribution in [2.75, 3.05) is 0 Å². The fraction of sp³-hybridized carbons (Fsp3) is 0. The van der Waals surface area contributed by atoms with Crippen LogP contribution < -0.4 is 0 Å². The van der Waals surface area contributed by atoms with Crippen LogP contribution in [0.4, 0.5) is 0 Å². The van der Waals surface area contributed by atoms with Crippen LogP contribution in [0.3, 0.4) is 0 Å². The van der Waals surface area contributed by atoms with Crippen molar-refractivity contribution in [2.24, 2.45) is 0 Å². The van der Waals surface area contributed by atoms with Crippen molar-refractivity contribution >= 4 is 45.8 Å². The Kier molecular flexibility index (Phi) is 10.1. The highest BCUT2D eigenvalue weighted by molar-refractivity contribution is 6.24. The minimum Gasteiger partial charge on any atom is -0.0622 e. The number of hydrogen-bond donors (Lipinski definition) is 0. The molecular weight excluding hydrogens is 721 g/mol. The molecule has 0 saturated heterocycles. The average molecular weight is 763 g/mol. The van der Waals surface area contributed by atoms with Gasteiger partial charge in [0.2, 0.25) is 0 Å². The summed E-state index contributed by atoms with van der Waals surface area (Å²) in [4.78, 5) is 0. The van der Waals surface area contributed by atoms with Crippen molar-refractivity contribution in [1.82, 2.24) is 0 Å². The molecule has 10 aromatic rings. The molecule has 0 atom stereocenters. The van der Waals surface area contributed by atoms with E-state index in [-0.39, 0.29) is 0 Å². The van der Waals surface area contributed by atoms with Gasteiger partial charge in [-0.15, -0.1) is 0 Å². The zero-order valence-electron chi connectivity index (χ0n) is 33.2. The van der Waals surface area contributed by atoms with E-state index in [9.17, 15) is 0 Å². The van der Waals surface area contributed by atoms with Gasteiger partial charge in [-0.2, -0.15) is 0 Å². The fourth-order valence-electron chi connectivity index (χ4n) is 8.51. The Morgan fingerprint density at radius 2 is 0.583 bits per heavy atom. The van der Waals surface area contributed by atoms with Crippen molar-refractivity contribution in [3.63, 3.8) is 0 Å². The minimum atomic E-state index is 1.18. The van der Waals surface area contributed by atoms with E-state index in [1.807, 2.05) is 0 Å². The number of fused-ring (bicyclic) bond motifs is 2. The van der Waals surface area contributed by atoms with Crippen LogP contribution in [0.15, 0.2) is 231 Å². The zero-order chi connectivity index (χ0) is 40.1. The molecule has 0 bridgehead atoms. The first-order chi connectivity index (χ1) is 29.7. The topological polar surface area (TPSA) is 0 Å². The largest absolute Gasteiger partial charge is 0.0622 e.